The van der Waals surface area contributed by atoms with E-state index >= 15 is 0 Å². The van der Waals surface area contributed by atoms with Crippen LogP contribution in [0.3, 0.4) is 0 Å². The molecule has 0 radical (unpaired) electrons. The number of aliphatic hydroxyl groups excluding tert-OH is 3. The van der Waals surface area contributed by atoms with Crippen LogP contribution in [0.2, 0.25) is 0 Å². The summed E-state index contributed by atoms with van der Waals surface area (Å²) in [6.45, 7) is 26.1. The molecular formula is C42H86O11. The molecule has 15 atom stereocenters. The predicted octanol–water partition coefficient (Wildman–Crippen LogP) is 6.47. The lowest BCUT2D eigenvalue weighted by atomic mass is 9.60. The van der Waals surface area contributed by atoms with E-state index in [9.17, 15) is 15.3 Å². The van der Waals surface area contributed by atoms with Crippen molar-refractivity contribution in [3.05, 3.63) is 0 Å². The van der Waals surface area contributed by atoms with Gasteiger partial charge in [0.05, 0.1) is 62.0 Å². The van der Waals surface area contributed by atoms with E-state index in [1.54, 1.807) is 42.7 Å². The third-order valence-electron chi connectivity index (χ3n) is 11.4. The highest BCUT2D eigenvalue weighted by molar-refractivity contribution is 5.02. The Morgan fingerprint density at radius 3 is 1.19 bits per heavy atom. The van der Waals surface area contributed by atoms with Crippen LogP contribution in [0, 0.1) is 51.8 Å². The first-order valence-electron chi connectivity index (χ1n) is 19.4. The van der Waals surface area contributed by atoms with E-state index in [0.717, 1.165) is 12.8 Å². The Bertz CT molecular complexity index is 940. The molecule has 3 rings (SSSR count). The van der Waals surface area contributed by atoms with Crippen LogP contribution in [0.4, 0.5) is 0 Å². The van der Waals surface area contributed by atoms with E-state index in [1.807, 2.05) is 13.8 Å². The lowest BCUT2D eigenvalue weighted by Crippen LogP contribution is -2.60. The van der Waals surface area contributed by atoms with Gasteiger partial charge in [-0.3, -0.25) is 0 Å². The Hall–Kier alpha value is -0.440. The molecule has 2 saturated heterocycles. The molecule has 2 heterocycles. The molecule has 0 aromatic heterocycles. The highest BCUT2D eigenvalue weighted by Crippen LogP contribution is 2.47. The predicted molar refractivity (Wildman–Crippen MR) is 212 cm³/mol. The van der Waals surface area contributed by atoms with Crippen molar-refractivity contribution in [2.45, 2.75) is 158 Å². The zero-order valence-electron chi connectivity index (χ0n) is 36.3. The van der Waals surface area contributed by atoms with Crippen molar-refractivity contribution >= 4 is 0 Å². The quantitative estimate of drug-likeness (QED) is 0.214. The molecule has 3 aliphatic rings. The summed E-state index contributed by atoms with van der Waals surface area (Å²) in [6.07, 6.45) is 1.72. The first-order chi connectivity index (χ1) is 24.0. The van der Waals surface area contributed by atoms with Gasteiger partial charge >= 0.3 is 0 Å². The van der Waals surface area contributed by atoms with Crippen molar-refractivity contribution in [2.75, 3.05) is 62.5 Å². The molecule has 1 aliphatic carbocycles. The van der Waals surface area contributed by atoms with Gasteiger partial charge in [-0.1, -0.05) is 83.6 Å². The second-order valence-corrected chi connectivity index (χ2v) is 18.8. The average molecular weight is 767 g/mol. The Labute approximate surface area is 325 Å². The van der Waals surface area contributed by atoms with Crippen LogP contribution in [0.1, 0.15) is 103 Å². The fraction of sp³-hybridized carbons (Fsp3) is 1.00. The molecule has 0 amide bonds. The van der Waals surface area contributed by atoms with Crippen LogP contribution in [-0.4, -0.2) is 133 Å². The van der Waals surface area contributed by atoms with Gasteiger partial charge in [-0.25, -0.2) is 0 Å². The molecule has 3 fully saturated rings. The average Bonchev–Trinajstić information content (AvgIpc) is 3.35. The molecule has 11 heteroatoms. The van der Waals surface area contributed by atoms with Crippen molar-refractivity contribution < 1.29 is 53.2 Å². The molecule has 11 nitrogen and oxygen atoms in total. The van der Waals surface area contributed by atoms with Crippen molar-refractivity contribution in [1.29, 1.82) is 0 Å². The first kappa shape index (κ1) is 52.6. The third kappa shape index (κ3) is 14.5. The van der Waals surface area contributed by atoms with Gasteiger partial charge in [-0.05, 0) is 41.9 Å². The van der Waals surface area contributed by atoms with Crippen molar-refractivity contribution in [2.24, 2.45) is 51.8 Å². The molecule has 1 saturated carbocycles. The summed E-state index contributed by atoms with van der Waals surface area (Å²) < 4.78 is 45.3. The molecule has 3 N–H and O–H groups in total. The summed E-state index contributed by atoms with van der Waals surface area (Å²) in [5.74, 6) is 0.689. The van der Waals surface area contributed by atoms with E-state index in [4.69, 9.17) is 37.9 Å². The minimum Gasteiger partial charge on any atom is -0.396 e. The van der Waals surface area contributed by atoms with Crippen LogP contribution < -0.4 is 0 Å². The van der Waals surface area contributed by atoms with Crippen LogP contribution >= 0.6 is 0 Å². The van der Waals surface area contributed by atoms with Crippen molar-refractivity contribution in [3.8, 4) is 0 Å². The maximum atomic E-state index is 9.84. The number of hydrogen-bond donors (Lipinski definition) is 3. The van der Waals surface area contributed by atoms with E-state index < -0.39 is 0 Å². The summed E-state index contributed by atoms with van der Waals surface area (Å²) in [5, 5.41) is 28.9. The summed E-state index contributed by atoms with van der Waals surface area (Å²) in [4.78, 5) is 0. The molecular weight excluding hydrogens is 680 g/mol. The van der Waals surface area contributed by atoms with Gasteiger partial charge in [0.2, 0.25) is 0 Å². The molecule has 0 bridgehead atoms. The van der Waals surface area contributed by atoms with E-state index in [-0.39, 0.29) is 134 Å². The van der Waals surface area contributed by atoms with Crippen LogP contribution in [0.5, 0.6) is 0 Å². The summed E-state index contributed by atoms with van der Waals surface area (Å²) in [6, 6.07) is 0. The third-order valence-corrected chi connectivity index (χ3v) is 11.4. The minimum absolute atomic E-state index is 0. The van der Waals surface area contributed by atoms with Gasteiger partial charge in [-0.2, -0.15) is 0 Å². The monoisotopic (exact) mass is 767 g/mol. The molecule has 2 aliphatic heterocycles. The van der Waals surface area contributed by atoms with Gasteiger partial charge in [0, 0.05) is 78.9 Å². The molecule has 53 heavy (non-hydrogen) atoms. The molecule has 0 spiro atoms. The van der Waals surface area contributed by atoms with Crippen LogP contribution in [0.15, 0.2) is 0 Å². The van der Waals surface area contributed by atoms with Gasteiger partial charge in [0.25, 0.3) is 0 Å². The van der Waals surface area contributed by atoms with Gasteiger partial charge in [0.1, 0.15) is 0 Å². The molecule has 15 unspecified atom stereocenters. The number of rotatable bonds is 11. The standard InChI is InChI=1S/C15H30O4.C14H28O4.C12H24O3.CH4/c1-9-12(17-5)10(8-16)11(15(2,3)4)14(19-7)13(9)18-6;1-9-12(16-5)10(8-15)11(7-14(2,3)4)18-13(9)17-6;1-8-11(14-5)9(7-13)10(15-8)6-12(2,3)4;/h9-14,16H,8H2,1-7H3;9-13,15H,7-8H2,1-6H3;8-11,13H,6-7H2,1-5H3;1H4. The number of ether oxygens (including phenoxy) is 8. The van der Waals surface area contributed by atoms with E-state index in [1.165, 1.54) is 0 Å². The zero-order valence-corrected chi connectivity index (χ0v) is 36.3. The fourth-order valence-electron chi connectivity index (χ4n) is 9.14. The summed E-state index contributed by atoms with van der Waals surface area (Å²) in [5.41, 5.74) is 0.386. The summed E-state index contributed by atoms with van der Waals surface area (Å²) >= 11 is 0. The SMILES string of the molecule is C.COC1C(C)C(OC)C(OC)C(C(C)(C)C)C1CO.COC1C(C)OC(CC(C)(C)C)C1CO.COC1OC(CC(C)(C)C)C(CO)C(OC)C1C. The minimum atomic E-state index is -0.259. The molecule has 0 aromatic rings. The normalized spacial score (nSPS) is 37.9. The highest BCUT2D eigenvalue weighted by Gasteiger charge is 2.53. The van der Waals surface area contributed by atoms with Crippen molar-refractivity contribution in [3.63, 3.8) is 0 Å². The highest BCUT2D eigenvalue weighted by atomic mass is 16.7. The lowest BCUT2D eigenvalue weighted by Gasteiger charge is -2.53. The maximum Gasteiger partial charge on any atom is 0.162 e. The zero-order chi connectivity index (χ0) is 40.4. The Morgan fingerprint density at radius 2 is 0.849 bits per heavy atom. The Balaban J connectivity index is 0.000000763. The second-order valence-electron chi connectivity index (χ2n) is 18.8. The largest absolute Gasteiger partial charge is 0.396 e. The van der Waals surface area contributed by atoms with Crippen LogP contribution in [0.25, 0.3) is 0 Å². The number of aliphatic hydroxyl groups is 3. The van der Waals surface area contributed by atoms with Gasteiger partial charge in [0.15, 0.2) is 6.29 Å². The smallest absolute Gasteiger partial charge is 0.162 e. The Morgan fingerprint density at radius 1 is 0.472 bits per heavy atom. The van der Waals surface area contributed by atoms with Crippen molar-refractivity contribution in [1.82, 2.24) is 0 Å². The van der Waals surface area contributed by atoms with E-state index in [0.29, 0.717) is 0 Å². The molecule has 0 aromatic carbocycles. The maximum absolute atomic E-state index is 9.84. The Kier molecular flexibility index (Phi) is 22.9. The number of hydrogen-bond acceptors (Lipinski definition) is 11. The van der Waals surface area contributed by atoms with E-state index in [2.05, 4.69) is 69.2 Å². The van der Waals surface area contributed by atoms with Gasteiger partial charge in [-0.15, -0.1) is 0 Å². The van der Waals surface area contributed by atoms with Gasteiger partial charge < -0.3 is 53.2 Å². The first-order valence-corrected chi connectivity index (χ1v) is 19.4. The lowest BCUT2D eigenvalue weighted by molar-refractivity contribution is -0.268. The van der Waals surface area contributed by atoms with Crippen LogP contribution in [-0.2, 0) is 37.9 Å². The second kappa shape index (κ2) is 23.1. The number of methoxy groups -OCH3 is 6. The summed E-state index contributed by atoms with van der Waals surface area (Å²) in [7, 11) is 10.2. The molecule has 320 valence electrons. The fourth-order valence-corrected chi connectivity index (χ4v) is 9.14. The topological polar surface area (TPSA) is 135 Å².